The average molecular weight is 482 g/mol. The SMILES string of the molecule is C=CC(=O)Nc1cc2c(Nc3ccc(F)c(Cl)c3)c(C#N)cnc2cc1OC.CN1CCCC1. The quantitative estimate of drug-likeness (QED) is 0.468. The first kappa shape index (κ1) is 25.0. The van der Waals surface area contributed by atoms with Gasteiger partial charge in [0.1, 0.15) is 17.6 Å². The monoisotopic (exact) mass is 481 g/mol. The molecule has 34 heavy (non-hydrogen) atoms. The van der Waals surface area contributed by atoms with Gasteiger partial charge in [-0.2, -0.15) is 5.26 Å². The summed E-state index contributed by atoms with van der Waals surface area (Å²) in [5, 5.41) is 15.7. The number of aromatic nitrogens is 1. The van der Waals surface area contributed by atoms with Gasteiger partial charge in [-0.25, -0.2) is 4.39 Å². The Hall–Kier alpha value is -3.67. The van der Waals surface area contributed by atoms with Gasteiger partial charge in [0.2, 0.25) is 5.91 Å². The van der Waals surface area contributed by atoms with Crippen LogP contribution in [0.1, 0.15) is 18.4 Å². The fourth-order valence-electron chi connectivity index (χ4n) is 3.48. The fourth-order valence-corrected chi connectivity index (χ4v) is 3.66. The van der Waals surface area contributed by atoms with Gasteiger partial charge in [-0.15, -0.1) is 0 Å². The number of carbonyl (C=O) groups is 1. The van der Waals surface area contributed by atoms with Gasteiger partial charge in [-0.05, 0) is 63.3 Å². The zero-order valence-corrected chi connectivity index (χ0v) is 19.7. The Morgan fingerprint density at radius 2 is 2.06 bits per heavy atom. The molecule has 2 N–H and O–H groups in total. The number of nitriles is 1. The second-order valence-electron chi connectivity index (χ2n) is 7.69. The van der Waals surface area contributed by atoms with Crippen LogP contribution in [0.5, 0.6) is 5.75 Å². The Labute approximate surface area is 202 Å². The lowest BCUT2D eigenvalue weighted by Gasteiger charge is -2.15. The van der Waals surface area contributed by atoms with Crippen LogP contribution < -0.4 is 15.4 Å². The van der Waals surface area contributed by atoms with E-state index in [2.05, 4.69) is 40.2 Å². The number of rotatable bonds is 5. The number of fused-ring (bicyclic) bond motifs is 1. The number of nitrogens with zero attached hydrogens (tertiary/aromatic N) is 3. The van der Waals surface area contributed by atoms with Gasteiger partial charge < -0.3 is 20.3 Å². The lowest BCUT2D eigenvalue weighted by atomic mass is 10.1. The number of benzene rings is 2. The number of methoxy groups -OCH3 is 1. The van der Waals surface area contributed by atoms with Crippen molar-refractivity contribution in [1.82, 2.24) is 9.88 Å². The van der Waals surface area contributed by atoms with E-state index < -0.39 is 11.7 Å². The minimum atomic E-state index is -0.550. The van der Waals surface area contributed by atoms with Gasteiger partial charge >= 0.3 is 0 Å². The van der Waals surface area contributed by atoms with Crippen molar-refractivity contribution < 1.29 is 13.9 Å². The maximum Gasteiger partial charge on any atom is 0.247 e. The summed E-state index contributed by atoms with van der Waals surface area (Å²) in [7, 11) is 3.64. The Morgan fingerprint density at radius 1 is 1.32 bits per heavy atom. The molecule has 0 aliphatic carbocycles. The predicted molar refractivity (Wildman–Crippen MR) is 133 cm³/mol. The normalized spacial score (nSPS) is 12.9. The largest absolute Gasteiger partial charge is 0.494 e. The zero-order valence-electron chi connectivity index (χ0n) is 19.0. The molecule has 9 heteroatoms. The van der Waals surface area contributed by atoms with Gasteiger partial charge in [-0.1, -0.05) is 18.2 Å². The van der Waals surface area contributed by atoms with E-state index in [0.717, 1.165) is 6.08 Å². The Bertz CT molecular complexity index is 1250. The Balaban J connectivity index is 0.000000469. The molecule has 3 aromatic rings. The van der Waals surface area contributed by atoms with Crippen LogP contribution in [-0.2, 0) is 4.79 Å². The first-order chi connectivity index (χ1) is 16.4. The zero-order chi connectivity index (χ0) is 24.7. The number of hydrogen-bond acceptors (Lipinski definition) is 6. The van der Waals surface area contributed by atoms with E-state index in [1.165, 1.54) is 57.4 Å². The maximum absolute atomic E-state index is 13.4. The van der Waals surface area contributed by atoms with Crippen LogP contribution >= 0.6 is 11.6 Å². The number of carbonyl (C=O) groups excluding carboxylic acids is 1. The van der Waals surface area contributed by atoms with E-state index in [9.17, 15) is 14.4 Å². The number of hydrogen-bond donors (Lipinski definition) is 2. The third-order valence-corrected chi connectivity index (χ3v) is 5.56. The lowest BCUT2D eigenvalue weighted by Crippen LogP contribution is -2.10. The van der Waals surface area contributed by atoms with Crippen molar-refractivity contribution in [3.8, 4) is 11.8 Å². The summed E-state index contributed by atoms with van der Waals surface area (Å²) >= 11 is 5.84. The summed E-state index contributed by atoms with van der Waals surface area (Å²) in [6.45, 7) is 6.07. The van der Waals surface area contributed by atoms with Crippen LogP contribution in [0.3, 0.4) is 0 Å². The first-order valence-corrected chi connectivity index (χ1v) is 11.0. The van der Waals surface area contributed by atoms with Crippen molar-refractivity contribution in [1.29, 1.82) is 5.26 Å². The van der Waals surface area contributed by atoms with Gasteiger partial charge in [0, 0.05) is 23.3 Å². The minimum absolute atomic E-state index is 0.0533. The minimum Gasteiger partial charge on any atom is -0.494 e. The van der Waals surface area contributed by atoms with Gasteiger partial charge in [0.15, 0.2) is 0 Å². The van der Waals surface area contributed by atoms with Crippen LogP contribution in [0.2, 0.25) is 5.02 Å². The van der Waals surface area contributed by atoms with E-state index in [-0.39, 0.29) is 10.6 Å². The van der Waals surface area contributed by atoms with E-state index in [1.54, 1.807) is 12.1 Å². The number of likely N-dealkylation sites (tertiary alicyclic amines) is 1. The number of halogens is 2. The molecule has 1 fully saturated rings. The van der Waals surface area contributed by atoms with Gasteiger partial charge in [-0.3, -0.25) is 9.78 Å². The summed E-state index contributed by atoms with van der Waals surface area (Å²) in [6.07, 6.45) is 5.37. The second-order valence-corrected chi connectivity index (χ2v) is 8.09. The molecule has 2 aromatic carbocycles. The molecule has 0 spiro atoms. The predicted octanol–water partition coefficient (Wildman–Crippen LogP) is 5.49. The average Bonchev–Trinajstić information content (AvgIpc) is 3.32. The van der Waals surface area contributed by atoms with Crippen molar-refractivity contribution in [2.45, 2.75) is 12.8 Å². The smallest absolute Gasteiger partial charge is 0.247 e. The van der Waals surface area contributed by atoms with Crippen molar-refractivity contribution in [3.05, 3.63) is 65.6 Å². The standard InChI is InChI=1S/C20H14ClFN4O2.C5H11N/c1-3-19(27)26-17-7-13-16(8-18(17)28-2)24-10-11(9-23)20(13)25-12-4-5-15(22)14(21)6-12;1-6-4-2-3-5-6/h3-8,10H,1H2,2H3,(H,24,25)(H,26,27);2-5H2,1H3. The van der Waals surface area contributed by atoms with Crippen molar-refractivity contribution in [2.75, 3.05) is 37.9 Å². The molecule has 0 bridgehead atoms. The van der Waals surface area contributed by atoms with Crippen LogP contribution in [0.25, 0.3) is 10.9 Å². The third kappa shape index (κ3) is 6.01. The number of nitrogens with one attached hydrogen (secondary N) is 2. The summed E-state index contributed by atoms with van der Waals surface area (Å²) in [6, 6.07) is 9.47. The highest BCUT2D eigenvalue weighted by atomic mass is 35.5. The van der Waals surface area contributed by atoms with Crippen molar-refractivity contribution in [3.63, 3.8) is 0 Å². The van der Waals surface area contributed by atoms with Gasteiger partial charge in [0.05, 0.1) is 34.6 Å². The number of pyridine rings is 1. The second kappa shape index (κ2) is 11.5. The number of anilines is 3. The van der Waals surface area contributed by atoms with E-state index in [1.807, 2.05) is 0 Å². The molecule has 1 aliphatic rings. The van der Waals surface area contributed by atoms with Crippen LogP contribution in [0, 0.1) is 17.1 Å². The highest BCUT2D eigenvalue weighted by Crippen LogP contribution is 2.36. The maximum atomic E-state index is 13.4. The van der Waals surface area contributed by atoms with E-state index in [0.29, 0.717) is 33.7 Å². The third-order valence-electron chi connectivity index (χ3n) is 5.27. The summed E-state index contributed by atoms with van der Waals surface area (Å²) < 4.78 is 18.8. The molecule has 4 rings (SSSR count). The van der Waals surface area contributed by atoms with Crippen LogP contribution in [-0.4, -0.2) is 43.0 Å². The molecule has 0 unspecified atom stereocenters. The molecule has 7 nitrogen and oxygen atoms in total. The van der Waals surface area contributed by atoms with E-state index in [4.69, 9.17) is 16.3 Å². The highest BCUT2D eigenvalue weighted by Gasteiger charge is 2.15. The molecule has 176 valence electrons. The molecule has 0 saturated carbocycles. The van der Waals surface area contributed by atoms with Crippen molar-refractivity contribution in [2.24, 2.45) is 0 Å². The van der Waals surface area contributed by atoms with Crippen LogP contribution in [0.4, 0.5) is 21.5 Å². The Morgan fingerprint density at radius 3 is 2.62 bits per heavy atom. The molecule has 0 atom stereocenters. The van der Waals surface area contributed by atoms with Crippen LogP contribution in [0.15, 0.2) is 49.2 Å². The summed E-state index contributed by atoms with van der Waals surface area (Å²) in [5.74, 6) is -0.566. The first-order valence-electron chi connectivity index (χ1n) is 10.6. The molecule has 1 amide bonds. The molecular formula is C25H25ClFN5O2. The highest BCUT2D eigenvalue weighted by molar-refractivity contribution is 6.31. The topological polar surface area (TPSA) is 90.3 Å². The molecule has 0 radical (unpaired) electrons. The summed E-state index contributed by atoms with van der Waals surface area (Å²) in [5.41, 5.74) is 2.11. The molecular weight excluding hydrogens is 457 g/mol. The molecule has 1 saturated heterocycles. The lowest BCUT2D eigenvalue weighted by molar-refractivity contribution is -0.111. The Kier molecular flexibility index (Phi) is 8.41. The van der Waals surface area contributed by atoms with Crippen molar-refractivity contribution >= 4 is 45.5 Å². The number of ether oxygens (including phenoxy) is 1. The molecule has 1 aromatic heterocycles. The van der Waals surface area contributed by atoms with E-state index >= 15 is 0 Å². The molecule has 1 aliphatic heterocycles. The van der Waals surface area contributed by atoms with Gasteiger partial charge in [0.25, 0.3) is 0 Å². The molecule has 2 heterocycles. The number of amides is 1. The summed E-state index contributed by atoms with van der Waals surface area (Å²) in [4.78, 5) is 18.4. The fraction of sp³-hybridized carbons (Fsp3) is 0.240.